The standard InChI is InChI=1S/C16H30N2O3/c1-12-9-10-13(2)18(12)14(3)16(21)17-11-7-5-4-6-8-15(19)20/h12-14H,4-11H2,1-3H3,(H,17,21)(H,19,20). The number of likely N-dealkylation sites (tertiary alicyclic amines) is 1. The number of rotatable bonds is 9. The predicted octanol–water partition coefficient (Wildman–Crippen LogP) is 2.40. The van der Waals surface area contributed by atoms with Crippen LogP contribution >= 0.6 is 0 Å². The van der Waals surface area contributed by atoms with E-state index in [2.05, 4.69) is 24.1 Å². The zero-order chi connectivity index (χ0) is 15.8. The Kier molecular flexibility index (Phi) is 7.72. The molecule has 3 unspecified atom stereocenters. The molecule has 1 saturated heterocycles. The quantitative estimate of drug-likeness (QED) is 0.641. The van der Waals surface area contributed by atoms with Gasteiger partial charge < -0.3 is 10.4 Å². The second-order valence-electron chi connectivity index (χ2n) is 6.25. The molecule has 1 rings (SSSR count). The predicted molar refractivity (Wildman–Crippen MR) is 83.2 cm³/mol. The van der Waals surface area contributed by atoms with E-state index in [0.29, 0.717) is 18.6 Å². The lowest BCUT2D eigenvalue weighted by Gasteiger charge is -2.31. The van der Waals surface area contributed by atoms with Gasteiger partial charge in [-0.2, -0.15) is 0 Å². The summed E-state index contributed by atoms with van der Waals surface area (Å²) in [4.78, 5) is 24.8. The van der Waals surface area contributed by atoms with E-state index >= 15 is 0 Å². The summed E-state index contributed by atoms with van der Waals surface area (Å²) >= 11 is 0. The molecule has 0 saturated carbocycles. The van der Waals surface area contributed by atoms with Gasteiger partial charge >= 0.3 is 5.97 Å². The number of carbonyl (C=O) groups is 2. The van der Waals surface area contributed by atoms with Crippen LogP contribution in [0, 0.1) is 0 Å². The lowest BCUT2D eigenvalue weighted by Crippen LogP contribution is -2.49. The molecule has 0 aromatic rings. The monoisotopic (exact) mass is 298 g/mol. The summed E-state index contributed by atoms with van der Waals surface area (Å²) in [5.41, 5.74) is 0. The van der Waals surface area contributed by atoms with Crippen LogP contribution in [0.15, 0.2) is 0 Å². The summed E-state index contributed by atoms with van der Waals surface area (Å²) < 4.78 is 0. The fourth-order valence-corrected chi connectivity index (χ4v) is 3.23. The summed E-state index contributed by atoms with van der Waals surface area (Å²) in [5, 5.41) is 11.5. The van der Waals surface area contributed by atoms with Crippen molar-refractivity contribution in [2.24, 2.45) is 0 Å². The lowest BCUT2D eigenvalue weighted by atomic mass is 10.1. The van der Waals surface area contributed by atoms with Crippen molar-refractivity contribution in [2.75, 3.05) is 6.54 Å². The number of amides is 1. The fraction of sp³-hybridized carbons (Fsp3) is 0.875. The van der Waals surface area contributed by atoms with Crippen LogP contribution < -0.4 is 5.32 Å². The van der Waals surface area contributed by atoms with Crippen molar-refractivity contribution in [1.82, 2.24) is 10.2 Å². The van der Waals surface area contributed by atoms with Gasteiger partial charge in [-0.15, -0.1) is 0 Å². The second kappa shape index (κ2) is 9.03. The Bertz CT molecular complexity index is 336. The number of carboxylic acid groups (broad SMARTS) is 1. The number of hydrogen-bond donors (Lipinski definition) is 2. The zero-order valence-corrected chi connectivity index (χ0v) is 13.6. The third kappa shape index (κ3) is 6.04. The average molecular weight is 298 g/mol. The fourth-order valence-electron chi connectivity index (χ4n) is 3.23. The molecule has 0 aromatic carbocycles. The highest BCUT2D eigenvalue weighted by molar-refractivity contribution is 5.81. The number of aliphatic carboxylic acids is 1. The van der Waals surface area contributed by atoms with Crippen LogP contribution in [0.5, 0.6) is 0 Å². The Morgan fingerprint density at radius 1 is 1.14 bits per heavy atom. The van der Waals surface area contributed by atoms with Gasteiger partial charge in [-0.05, 0) is 46.5 Å². The average Bonchev–Trinajstić information content (AvgIpc) is 2.75. The highest BCUT2D eigenvalue weighted by Gasteiger charge is 2.33. The largest absolute Gasteiger partial charge is 0.481 e. The maximum Gasteiger partial charge on any atom is 0.303 e. The van der Waals surface area contributed by atoms with Crippen molar-refractivity contribution in [3.8, 4) is 0 Å². The van der Waals surface area contributed by atoms with Crippen LogP contribution in [-0.4, -0.2) is 46.6 Å². The van der Waals surface area contributed by atoms with Crippen molar-refractivity contribution in [3.05, 3.63) is 0 Å². The number of hydrogen-bond acceptors (Lipinski definition) is 3. The lowest BCUT2D eigenvalue weighted by molar-refractivity contribution is -0.137. The molecular weight excluding hydrogens is 268 g/mol. The van der Waals surface area contributed by atoms with Crippen molar-refractivity contribution < 1.29 is 14.7 Å². The third-order valence-corrected chi connectivity index (χ3v) is 4.46. The molecule has 21 heavy (non-hydrogen) atoms. The molecule has 0 aliphatic carbocycles. The Labute approximate surface area is 128 Å². The van der Waals surface area contributed by atoms with E-state index in [4.69, 9.17) is 5.11 Å². The van der Waals surface area contributed by atoms with E-state index < -0.39 is 5.97 Å². The van der Waals surface area contributed by atoms with Gasteiger partial charge in [0.05, 0.1) is 6.04 Å². The molecular formula is C16H30N2O3. The molecule has 1 fully saturated rings. The van der Waals surface area contributed by atoms with Gasteiger partial charge in [0.2, 0.25) is 5.91 Å². The van der Waals surface area contributed by atoms with Crippen molar-refractivity contribution in [3.63, 3.8) is 0 Å². The first-order chi connectivity index (χ1) is 9.93. The molecule has 122 valence electrons. The number of carboxylic acids is 1. The Hall–Kier alpha value is -1.10. The van der Waals surface area contributed by atoms with Crippen LogP contribution in [0.3, 0.4) is 0 Å². The SMILES string of the molecule is CC1CCC(C)N1C(C)C(=O)NCCCCCCC(=O)O. The molecule has 0 spiro atoms. The first kappa shape index (κ1) is 18.0. The molecule has 2 N–H and O–H groups in total. The minimum Gasteiger partial charge on any atom is -0.481 e. The van der Waals surface area contributed by atoms with Gasteiger partial charge in [0.15, 0.2) is 0 Å². The number of nitrogens with one attached hydrogen (secondary N) is 1. The third-order valence-electron chi connectivity index (χ3n) is 4.46. The smallest absolute Gasteiger partial charge is 0.303 e. The number of unbranched alkanes of at least 4 members (excludes halogenated alkanes) is 3. The van der Waals surface area contributed by atoms with Crippen LogP contribution in [0.25, 0.3) is 0 Å². The van der Waals surface area contributed by atoms with E-state index in [1.165, 1.54) is 12.8 Å². The van der Waals surface area contributed by atoms with Gasteiger partial charge in [0.1, 0.15) is 0 Å². The maximum absolute atomic E-state index is 12.2. The van der Waals surface area contributed by atoms with E-state index in [0.717, 1.165) is 25.7 Å². The molecule has 5 nitrogen and oxygen atoms in total. The first-order valence-electron chi connectivity index (χ1n) is 8.20. The molecule has 0 bridgehead atoms. The first-order valence-corrected chi connectivity index (χ1v) is 8.20. The minimum atomic E-state index is -0.731. The summed E-state index contributed by atoms with van der Waals surface area (Å²) in [6, 6.07) is 0.901. The summed E-state index contributed by atoms with van der Waals surface area (Å²) in [6.07, 6.45) is 6.11. The molecule has 1 aliphatic heterocycles. The number of nitrogens with zero attached hydrogens (tertiary/aromatic N) is 1. The minimum absolute atomic E-state index is 0.0653. The van der Waals surface area contributed by atoms with Gasteiger partial charge in [-0.1, -0.05) is 12.8 Å². The van der Waals surface area contributed by atoms with E-state index in [-0.39, 0.29) is 18.4 Å². The molecule has 1 aliphatic rings. The van der Waals surface area contributed by atoms with Crippen molar-refractivity contribution >= 4 is 11.9 Å². The van der Waals surface area contributed by atoms with Gasteiger partial charge in [-0.3, -0.25) is 14.5 Å². The van der Waals surface area contributed by atoms with Gasteiger partial charge in [0.25, 0.3) is 0 Å². The number of carbonyl (C=O) groups excluding carboxylic acids is 1. The van der Waals surface area contributed by atoms with Gasteiger partial charge in [0, 0.05) is 25.0 Å². The maximum atomic E-state index is 12.2. The molecule has 3 atom stereocenters. The van der Waals surface area contributed by atoms with Crippen LogP contribution in [0.1, 0.15) is 65.7 Å². The van der Waals surface area contributed by atoms with Crippen LogP contribution in [0.4, 0.5) is 0 Å². The molecule has 5 heteroatoms. The summed E-state index contributed by atoms with van der Waals surface area (Å²) in [5.74, 6) is -0.618. The van der Waals surface area contributed by atoms with Crippen molar-refractivity contribution in [2.45, 2.75) is 83.8 Å². The molecule has 1 amide bonds. The molecule has 0 aromatic heterocycles. The zero-order valence-electron chi connectivity index (χ0n) is 13.6. The van der Waals surface area contributed by atoms with Crippen LogP contribution in [-0.2, 0) is 9.59 Å². The van der Waals surface area contributed by atoms with E-state index in [1.807, 2.05) is 6.92 Å². The highest BCUT2D eigenvalue weighted by Crippen LogP contribution is 2.25. The normalized spacial score (nSPS) is 24.0. The summed E-state index contributed by atoms with van der Waals surface area (Å²) in [7, 11) is 0. The van der Waals surface area contributed by atoms with E-state index in [1.54, 1.807) is 0 Å². The Balaban J connectivity index is 2.14. The second-order valence-corrected chi connectivity index (χ2v) is 6.25. The van der Waals surface area contributed by atoms with Crippen molar-refractivity contribution in [1.29, 1.82) is 0 Å². The Morgan fingerprint density at radius 3 is 2.29 bits per heavy atom. The molecule has 0 radical (unpaired) electrons. The highest BCUT2D eigenvalue weighted by atomic mass is 16.4. The summed E-state index contributed by atoms with van der Waals surface area (Å²) in [6.45, 7) is 7.05. The van der Waals surface area contributed by atoms with E-state index in [9.17, 15) is 9.59 Å². The molecule has 1 heterocycles. The topological polar surface area (TPSA) is 69.6 Å². The van der Waals surface area contributed by atoms with Crippen LogP contribution in [0.2, 0.25) is 0 Å². The Morgan fingerprint density at radius 2 is 1.71 bits per heavy atom. The van der Waals surface area contributed by atoms with Gasteiger partial charge in [-0.25, -0.2) is 0 Å².